The second-order valence-electron chi connectivity index (χ2n) is 8.20. The molecule has 1 aromatic rings. The van der Waals surface area contributed by atoms with E-state index in [0.29, 0.717) is 11.8 Å². The topological polar surface area (TPSA) is 64.3 Å². The summed E-state index contributed by atoms with van der Waals surface area (Å²) in [5, 5.41) is 3.20. The van der Waals surface area contributed by atoms with E-state index < -0.39 is 0 Å². The van der Waals surface area contributed by atoms with E-state index >= 15 is 0 Å². The van der Waals surface area contributed by atoms with Crippen molar-refractivity contribution in [2.24, 2.45) is 23.5 Å². The lowest BCUT2D eigenvalue weighted by Gasteiger charge is -2.28. The summed E-state index contributed by atoms with van der Waals surface area (Å²) in [4.78, 5) is 12.6. The van der Waals surface area contributed by atoms with Crippen molar-refractivity contribution in [3.63, 3.8) is 0 Å². The molecule has 5 atom stereocenters. The van der Waals surface area contributed by atoms with Gasteiger partial charge in [-0.15, -0.1) is 0 Å². The van der Waals surface area contributed by atoms with E-state index in [2.05, 4.69) is 24.4 Å². The largest absolute Gasteiger partial charge is 0.491 e. The minimum Gasteiger partial charge on any atom is -0.491 e. The predicted octanol–water partition coefficient (Wildman–Crippen LogP) is 3.28. The number of fused-ring (bicyclic) bond motifs is 2. The summed E-state index contributed by atoms with van der Waals surface area (Å²) in [5.74, 6) is 2.20. The van der Waals surface area contributed by atoms with Gasteiger partial charge in [0.2, 0.25) is 5.91 Å². The molecule has 0 aliphatic heterocycles. The van der Waals surface area contributed by atoms with Crippen LogP contribution in [-0.4, -0.2) is 24.1 Å². The highest BCUT2D eigenvalue weighted by atomic mass is 16.5. The van der Waals surface area contributed by atoms with Crippen molar-refractivity contribution in [3.05, 3.63) is 29.8 Å². The lowest BCUT2D eigenvalue weighted by atomic mass is 9.84. The van der Waals surface area contributed by atoms with Crippen molar-refractivity contribution in [2.75, 3.05) is 0 Å². The lowest BCUT2D eigenvalue weighted by molar-refractivity contribution is -0.127. The molecule has 2 bridgehead atoms. The highest BCUT2D eigenvalue weighted by Gasteiger charge is 2.49. The van der Waals surface area contributed by atoms with E-state index in [4.69, 9.17) is 10.5 Å². The lowest BCUT2D eigenvalue weighted by Crippen LogP contribution is -2.47. The van der Waals surface area contributed by atoms with E-state index in [9.17, 15) is 4.79 Å². The minimum atomic E-state index is 0.0358. The number of ether oxygens (including phenoxy) is 1. The van der Waals surface area contributed by atoms with Gasteiger partial charge >= 0.3 is 0 Å². The monoisotopic (exact) mass is 344 g/mol. The van der Waals surface area contributed by atoms with Gasteiger partial charge in [-0.3, -0.25) is 4.79 Å². The number of carbonyl (C=O) groups is 1. The highest BCUT2D eigenvalue weighted by Crippen LogP contribution is 2.47. The molecule has 2 fully saturated rings. The van der Waals surface area contributed by atoms with Gasteiger partial charge in [-0.2, -0.15) is 0 Å². The molecule has 138 valence electrons. The molecular formula is C21H32N2O2. The fraction of sp³-hybridized carbons (Fsp3) is 0.667. The molecular weight excluding hydrogens is 312 g/mol. The Bertz CT molecular complexity index is 582. The van der Waals surface area contributed by atoms with Crippen LogP contribution in [0.5, 0.6) is 5.75 Å². The fourth-order valence-electron chi connectivity index (χ4n) is 4.53. The van der Waals surface area contributed by atoms with Gasteiger partial charge in [-0.25, -0.2) is 0 Å². The maximum Gasteiger partial charge on any atom is 0.225 e. The molecule has 0 saturated heterocycles. The van der Waals surface area contributed by atoms with Gasteiger partial charge in [0.1, 0.15) is 5.75 Å². The average molecular weight is 344 g/mol. The Hall–Kier alpha value is -1.55. The number of rotatable bonds is 7. The smallest absolute Gasteiger partial charge is 0.225 e. The minimum absolute atomic E-state index is 0.0358. The van der Waals surface area contributed by atoms with Crippen LogP contribution in [0.4, 0.5) is 0 Å². The molecule has 2 aliphatic rings. The molecule has 4 heteroatoms. The number of benzene rings is 1. The summed E-state index contributed by atoms with van der Waals surface area (Å²) in [6.07, 6.45) is 5.62. The van der Waals surface area contributed by atoms with Crippen LogP contribution in [0.3, 0.4) is 0 Å². The van der Waals surface area contributed by atoms with Crippen LogP contribution in [0.15, 0.2) is 24.3 Å². The van der Waals surface area contributed by atoms with Crippen LogP contribution in [0.25, 0.3) is 0 Å². The van der Waals surface area contributed by atoms with Crippen molar-refractivity contribution in [2.45, 2.75) is 71.1 Å². The first-order chi connectivity index (χ1) is 11.9. The molecule has 0 heterocycles. The first-order valence-electron chi connectivity index (χ1n) is 9.75. The number of carbonyl (C=O) groups excluding carboxylic acids is 1. The fourth-order valence-corrected chi connectivity index (χ4v) is 4.53. The quantitative estimate of drug-likeness (QED) is 0.798. The molecule has 5 unspecified atom stereocenters. The Morgan fingerprint density at radius 1 is 1.20 bits per heavy atom. The molecule has 2 aliphatic carbocycles. The summed E-state index contributed by atoms with van der Waals surface area (Å²) < 4.78 is 5.67. The van der Waals surface area contributed by atoms with Crippen molar-refractivity contribution in [1.82, 2.24) is 5.32 Å². The highest BCUT2D eigenvalue weighted by molar-refractivity contribution is 5.80. The summed E-state index contributed by atoms with van der Waals surface area (Å²) >= 11 is 0. The third-order valence-corrected chi connectivity index (χ3v) is 5.83. The van der Waals surface area contributed by atoms with E-state index in [1.54, 1.807) is 0 Å². The number of hydrogen-bond donors (Lipinski definition) is 2. The Morgan fingerprint density at radius 3 is 2.48 bits per heavy atom. The normalized spacial score (nSPS) is 29.0. The zero-order valence-corrected chi connectivity index (χ0v) is 15.7. The second kappa shape index (κ2) is 7.77. The SMILES string of the molecule is CC(CCc1ccc(OC(C)C)cc1)NC(=O)C1C2CCC(C2)C1N. The number of hydrogen-bond acceptors (Lipinski definition) is 3. The summed E-state index contributed by atoms with van der Waals surface area (Å²) in [7, 11) is 0. The van der Waals surface area contributed by atoms with E-state index in [0.717, 1.165) is 25.0 Å². The van der Waals surface area contributed by atoms with Crippen LogP contribution < -0.4 is 15.8 Å². The number of nitrogens with one attached hydrogen (secondary N) is 1. The first-order valence-corrected chi connectivity index (χ1v) is 9.75. The third kappa shape index (κ3) is 4.35. The number of amides is 1. The molecule has 1 amide bonds. The van der Waals surface area contributed by atoms with E-state index in [-0.39, 0.29) is 30.0 Å². The molecule has 0 radical (unpaired) electrons. The number of aryl methyl sites for hydroxylation is 1. The van der Waals surface area contributed by atoms with Gasteiger partial charge < -0.3 is 15.8 Å². The van der Waals surface area contributed by atoms with Gasteiger partial charge in [0, 0.05) is 12.1 Å². The maximum absolute atomic E-state index is 12.6. The zero-order chi connectivity index (χ0) is 18.0. The predicted molar refractivity (Wildman–Crippen MR) is 100 cm³/mol. The van der Waals surface area contributed by atoms with Gasteiger partial charge in [0.25, 0.3) is 0 Å². The van der Waals surface area contributed by atoms with Crippen LogP contribution in [0, 0.1) is 17.8 Å². The van der Waals surface area contributed by atoms with Crippen molar-refractivity contribution in [3.8, 4) is 5.75 Å². The third-order valence-electron chi connectivity index (χ3n) is 5.83. The first kappa shape index (κ1) is 18.2. The second-order valence-corrected chi connectivity index (χ2v) is 8.20. The zero-order valence-electron chi connectivity index (χ0n) is 15.7. The Labute approximate surface area is 151 Å². The van der Waals surface area contributed by atoms with Gasteiger partial charge in [-0.05, 0) is 82.4 Å². The Balaban J connectivity index is 1.45. The van der Waals surface area contributed by atoms with Crippen molar-refractivity contribution in [1.29, 1.82) is 0 Å². The van der Waals surface area contributed by atoms with Crippen LogP contribution in [0.2, 0.25) is 0 Å². The maximum atomic E-state index is 12.6. The Kier molecular flexibility index (Phi) is 5.67. The Morgan fingerprint density at radius 2 is 1.88 bits per heavy atom. The molecule has 4 nitrogen and oxygen atoms in total. The van der Waals surface area contributed by atoms with Crippen molar-refractivity contribution < 1.29 is 9.53 Å². The molecule has 1 aromatic carbocycles. The van der Waals surface area contributed by atoms with Gasteiger partial charge in [0.05, 0.1) is 12.0 Å². The molecule has 3 rings (SSSR count). The standard InChI is InChI=1S/C21H32N2O2/c1-13(2)25-18-10-6-15(7-11-18)5-4-14(3)23-21(24)19-16-8-9-17(12-16)20(19)22/h6-7,10-11,13-14,16-17,19-20H,4-5,8-9,12,22H2,1-3H3,(H,23,24). The van der Waals surface area contributed by atoms with Crippen LogP contribution in [-0.2, 0) is 11.2 Å². The molecule has 0 spiro atoms. The summed E-state index contributed by atoms with van der Waals surface area (Å²) in [5.41, 5.74) is 7.55. The molecule has 25 heavy (non-hydrogen) atoms. The van der Waals surface area contributed by atoms with E-state index in [1.807, 2.05) is 26.0 Å². The van der Waals surface area contributed by atoms with Crippen molar-refractivity contribution >= 4 is 5.91 Å². The molecule has 0 aromatic heterocycles. The number of nitrogens with two attached hydrogens (primary N) is 1. The van der Waals surface area contributed by atoms with Gasteiger partial charge in [-0.1, -0.05) is 12.1 Å². The molecule has 2 saturated carbocycles. The van der Waals surface area contributed by atoms with E-state index in [1.165, 1.54) is 18.4 Å². The average Bonchev–Trinajstić information content (AvgIpc) is 3.14. The van der Waals surface area contributed by atoms with Crippen LogP contribution >= 0.6 is 0 Å². The van der Waals surface area contributed by atoms with Gasteiger partial charge in [0.15, 0.2) is 0 Å². The van der Waals surface area contributed by atoms with Crippen LogP contribution in [0.1, 0.15) is 52.0 Å². The summed E-state index contributed by atoms with van der Waals surface area (Å²) in [6.45, 7) is 6.15. The summed E-state index contributed by atoms with van der Waals surface area (Å²) in [6, 6.07) is 8.50. The molecule has 3 N–H and O–H groups in total.